The van der Waals surface area contributed by atoms with E-state index in [0.29, 0.717) is 6.61 Å². The molecule has 1 amide bonds. The van der Waals surface area contributed by atoms with Gasteiger partial charge >= 0.3 is 6.09 Å². The Bertz CT molecular complexity index is 62.7. The normalized spacial score (nSPS) is 7.71. The average Bonchev–Trinajstić information content (AvgIpc) is 1.68. The molecule has 0 aliphatic rings. The Morgan fingerprint density at radius 2 is 2.57 bits per heavy atom. The Kier molecular flexibility index (Phi) is 3.10. The molecule has 0 unspecified atom stereocenters. The Hall–Kier alpha value is -0.730. The second-order valence-corrected chi connectivity index (χ2v) is 0.897. The molecule has 0 aliphatic carbocycles. The van der Waals surface area contributed by atoms with Crippen LogP contribution >= 0.6 is 0 Å². The van der Waals surface area contributed by atoms with Crippen molar-refractivity contribution in [2.24, 2.45) is 0 Å². The summed E-state index contributed by atoms with van der Waals surface area (Å²) in [6.45, 7) is 2.12. The van der Waals surface area contributed by atoms with Gasteiger partial charge in [-0.25, -0.2) is 4.79 Å². The first-order valence-corrected chi connectivity index (χ1v) is 2.01. The van der Waals surface area contributed by atoms with Crippen LogP contribution in [0.1, 0.15) is 6.92 Å². The Labute approximate surface area is 42.7 Å². The molecule has 0 aliphatic heterocycles. The van der Waals surface area contributed by atoms with Gasteiger partial charge in [0.25, 0.3) is 0 Å². The van der Waals surface area contributed by atoms with Crippen LogP contribution in [0.4, 0.5) is 4.79 Å². The first kappa shape index (κ1) is 6.27. The highest BCUT2D eigenvalue weighted by atomic mass is 16.5. The lowest BCUT2D eigenvalue weighted by Crippen LogP contribution is -2.16. The number of carbonyl (C=O) groups excluding carboxylic acids is 1. The molecule has 0 saturated carbocycles. The van der Waals surface area contributed by atoms with Crippen molar-refractivity contribution in [3.05, 3.63) is 7.05 Å². The van der Waals surface area contributed by atoms with Gasteiger partial charge in [-0.05, 0) is 6.92 Å². The lowest BCUT2D eigenvalue weighted by molar-refractivity contribution is 0.156. The number of rotatable bonds is 1. The third-order valence-electron chi connectivity index (χ3n) is 0.420. The number of nitrogens with one attached hydrogen (secondary N) is 1. The van der Waals surface area contributed by atoms with Crippen LogP contribution in [0.25, 0.3) is 0 Å². The van der Waals surface area contributed by atoms with E-state index in [4.69, 9.17) is 0 Å². The van der Waals surface area contributed by atoms with Gasteiger partial charge in [-0.1, -0.05) is 0 Å². The Morgan fingerprint density at radius 3 is 2.71 bits per heavy atom. The zero-order valence-corrected chi connectivity index (χ0v) is 4.23. The molecule has 0 aromatic rings. The van der Waals surface area contributed by atoms with E-state index in [1.54, 1.807) is 6.92 Å². The highest BCUT2D eigenvalue weighted by Crippen LogP contribution is 1.71. The Balaban J connectivity index is 3.00. The molecule has 0 aromatic heterocycles. The van der Waals surface area contributed by atoms with E-state index in [2.05, 4.69) is 17.1 Å². The van der Waals surface area contributed by atoms with Gasteiger partial charge in [0.1, 0.15) is 0 Å². The minimum atomic E-state index is -0.484. The first-order valence-electron chi connectivity index (χ1n) is 2.01. The third-order valence-corrected chi connectivity index (χ3v) is 0.420. The van der Waals surface area contributed by atoms with Crippen LogP contribution in [0.3, 0.4) is 0 Å². The lowest BCUT2D eigenvalue weighted by atomic mass is 10.9. The van der Waals surface area contributed by atoms with Gasteiger partial charge in [-0.15, -0.1) is 0 Å². The molecule has 3 heteroatoms. The number of alkyl carbamates (subject to hydrolysis) is 1. The molecular weight excluding hydrogens is 94.0 g/mol. The topological polar surface area (TPSA) is 38.3 Å². The second kappa shape index (κ2) is 3.46. The van der Waals surface area contributed by atoms with E-state index in [-0.39, 0.29) is 0 Å². The van der Waals surface area contributed by atoms with Crippen LogP contribution in [-0.2, 0) is 4.74 Å². The maximum Gasteiger partial charge on any atom is 0.407 e. The summed E-state index contributed by atoms with van der Waals surface area (Å²) < 4.78 is 4.38. The molecule has 0 saturated heterocycles. The van der Waals surface area contributed by atoms with Crippen LogP contribution in [0.5, 0.6) is 0 Å². The number of ether oxygens (including phenoxy) is 1. The van der Waals surface area contributed by atoms with Crippen molar-refractivity contribution in [3.63, 3.8) is 0 Å². The molecule has 0 spiro atoms. The predicted molar refractivity (Wildman–Crippen MR) is 25.5 cm³/mol. The van der Waals surface area contributed by atoms with E-state index in [9.17, 15) is 4.79 Å². The summed E-state index contributed by atoms with van der Waals surface area (Å²) in [6.07, 6.45) is -0.484. The highest BCUT2D eigenvalue weighted by molar-refractivity contribution is 5.67. The standard InChI is InChI=1S/C4H8NO2/c1-3-7-4(6)5-2/h2-3H2,1H3,(H,5,6). The van der Waals surface area contributed by atoms with Gasteiger partial charge in [0, 0.05) is 7.05 Å². The first-order chi connectivity index (χ1) is 3.31. The zero-order valence-electron chi connectivity index (χ0n) is 4.23. The van der Waals surface area contributed by atoms with Crippen molar-refractivity contribution < 1.29 is 9.53 Å². The monoisotopic (exact) mass is 102 g/mol. The fourth-order valence-corrected chi connectivity index (χ4v) is 0.182. The van der Waals surface area contributed by atoms with Gasteiger partial charge in [-0.3, -0.25) is 0 Å². The molecule has 1 N–H and O–H groups in total. The summed E-state index contributed by atoms with van der Waals surface area (Å²) in [7, 11) is 3.08. The van der Waals surface area contributed by atoms with Crippen LogP contribution < -0.4 is 5.32 Å². The third kappa shape index (κ3) is 3.09. The molecule has 0 rings (SSSR count). The van der Waals surface area contributed by atoms with Gasteiger partial charge in [-0.2, -0.15) is 0 Å². The zero-order chi connectivity index (χ0) is 5.70. The fraction of sp³-hybridized carbons (Fsp3) is 0.500. The minimum absolute atomic E-state index is 0.390. The predicted octanol–water partition coefficient (Wildman–Crippen LogP) is 0.524. The summed E-state index contributed by atoms with van der Waals surface area (Å²) in [4.78, 5) is 10.0. The van der Waals surface area contributed by atoms with Gasteiger partial charge in [0.2, 0.25) is 0 Å². The second-order valence-electron chi connectivity index (χ2n) is 0.897. The molecule has 0 fully saturated rings. The smallest absolute Gasteiger partial charge is 0.407 e. The number of hydrogen-bond donors (Lipinski definition) is 1. The van der Waals surface area contributed by atoms with Crippen molar-refractivity contribution in [3.8, 4) is 0 Å². The molecule has 7 heavy (non-hydrogen) atoms. The maximum absolute atomic E-state index is 10.0. The number of carbonyl (C=O) groups is 1. The van der Waals surface area contributed by atoms with E-state index in [1.807, 2.05) is 0 Å². The molecule has 0 atom stereocenters. The lowest BCUT2D eigenvalue weighted by Gasteiger charge is -1.95. The Morgan fingerprint density at radius 1 is 2.00 bits per heavy atom. The van der Waals surface area contributed by atoms with Gasteiger partial charge < -0.3 is 10.1 Å². The fourth-order valence-electron chi connectivity index (χ4n) is 0.182. The van der Waals surface area contributed by atoms with Gasteiger partial charge in [0.15, 0.2) is 0 Å². The van der Waals surface area contributed by atoms with E-state index in [0.717, 1.165) is 0 Å². The van der Waals surface area contributed by atoms with Crippen molar-refractivity contribution in [2.45, 2.75) is 6.92 Å². The molecule has 0 heterocycles. The van der Waals surface area contributed by atoms with E-state index < -0.39 is 6.09 Å². The largest absolute Gasteiger partial charge is 0.450 e. The molecule has 41 valence electrons. The molecular formula is C4H8NO2. The van der Waals surface area contributed by atoms with E-state index in [1.165, 1.54) is 0 Å². The van der Waals surface area contributed by atoms with Crippen LogP contribution in [0, 0.1) is 7.05 Å². The maximum atomic E-state index is 10.0. The summed E-state index contributed by atoms with van der Waals surface area (Å²) >= 11 is 0. The quantitative estimate of drug-likeness (QED) is 0.524. The van der Waals surface area contributed by atoms with Crippen molar-refractivity contribution >= 4 is 6.09 Å². The van der Waals surface area contributed by atoms with Crippen molar-refractivity contribution in [1.82, 2.24) is 5.32 Å². The minimum Gasteiger partial charge on any atom is -0.450 e. The number of hydrogen-bond acceptors (Lipinski definition) is 2. The molecule has 0 aromatic carbocycles. The molecule has 1 radical (unpaired) electrons. The molecule has 0 bridgehead atoms. The van der Waals surface area contributed by atoms with Crippen LogP contribution in [0.15, 0.2) is 0 Å². The average molecular weight is 102 g/mol. The van der Waals surface area contributed by atoms with Gasteiger partial charge in [0.05, 0.1) is 6.61 Å². The summed E-state index contributed by atoms with van der Waals surface area (Å²) in [5.41, 5.74) is 0. The van der Waals surface area contributed by atoms with Crippen molar-refractivity contribution in [2.75, 3.05) is 6.61 Å². The summed E-state index contributed by atoms with van der Waals surface area (Å²) in [5, 5.41) is 2.05. The number of amides is 1. The summed E-state index contributed by atoms with van der Waals surface area (Å²) in [5.74, 6) is 0. The van der Waals surface area contributed by atoms with Crippen molar-refractivity contribution in [1.29, 1.82) is 0 Å². The van der Waals surface area contributed by atoms with E-state index >= 15 is 0 Å². The van der Waals surface area contributed by atoms with Crippen LogP contribution in [-0.4, -0.2) is 12.7 Å². The highest BCUT2D eigenvalue weighted by Gasteiger charge is 1.89. The van der Waals surface area contributed by atoms with Crippen LogP contribution in [0.2, 0.25) is 0 Å². The molecule has 3 nitrogen and oxygen atoms in total. The SMILES string of the molecule is [CH2]NC(=O)OCC. The summed E-state index contributed by atoms with van der Waals surface area (Å²) in [6, 6.07) is 0.